The van der Waals surface area contributed by atoms with Gasteiger partial charge in [0.2, 0.25) is 5.91 Å². The van der Waals surface area contributed by atoms with Crippen molar-refractivity contribution in [3.05, 3.63) is 24.0 Å². The van der Waals surface area contributed by atoms with Crippen molar-refractivity contribution >= 4 is 12.0 Å². The van der Waals surface area contributed by atoms with Crippen LogP contribution in [0, 0.1) is 0 Å². The normalized spacial score (nSPS) is 21.0. The molecular weight excluding hydrogens is 308 g/mol. The molecule has 0 spiro atoms. The molecule has 2 rings (SSSR count). The standard InChI is InChI=1S/C17H28N4O3/c1-5-18-15(22)14-7-6-13(12-19-14)20-8-10-21(11-9-20)16(23)24-17(2,3)4/h6-7,12,14,19H,5,8-11H2,1-4H3,(H,18,22). The van der Waals surface area contributed by atoms with Crippen LogP contribution in [0.3, 0.4) is 0 Å². The highest BCUT2D eigenvalue weighted by atomic mass is 16.6. The van der Waals surface area contributed by atoms with Gasteiger partial charge in [-0.05, 0) is 33.8 Å². The van der Waals surface area contributed by atoms with Crippen LogP contribution in [0.1, 0.15) is 27.7 Å². The molecule has 7 nitrogen and oxygen atoms in total. The van der Waals surface area contributed by atoms with Gasteiger partial charge in [0.05, 0.1) is 5.70 Å². The topological polar surface area (TPSA) is 73.9 Å². The Bertz CT molecular complexity index is 528. The number of dihydropyridines is 1. The Morgan fingerprint density at radius 3 is 2.46 bits per heavy atom. The Labute approximate surface area is 143 Å². The lowest BCUT2D eigenvalue weighted by atomic mass is 10.1. The third-order valence-corrected chi connectivity index (χ3v) is 3.80. The highest BCUT2D eigenvalue weighted by Gasteiger charge is 2.27. The Hall–Kier alpha value is -2.18. The van der Waals surface area contributed by atoms with Crippen LogP contribution in [0.2, 0.25) is 0 Å². The number of piperazine rings is 1. The number of carbonyl (C=O) groups excluding carboxylic acids is 2. The first kappa shape index (κ1) is 18.2. The molecule has 2 aliphatic heterocycles. The van der Waals surface area contributed by atoms with Crippen LogP contribution in [0.25, 0.3) is 0 Å². The minimum atomic E-state index is -0.471. The van der Waals surface area contributed by atoms with Gasteiger partial charge in [-0.15, -0.1) is 0 Å². The second-order valence-electron chi connectivity index (χ2n) is 6.92. The van der Waals surface area contributed by atoms with E-state index in [9.17, 15) is 9.59 Å². The molecule has 0 saturated carbocycles. The molecule has 7 heteroatoms. The molecule has 24 heavy (non-hydrogen) atoms. The van der Waals surface area contributed by atoms with Crippen LogP contribution in [0.15, 0.2) is 24.0 Å². The van der Waals surface area contributed by atoms with E-state index in [1.54, 1.807) is 4.90 Å². The van der Waals surface area contributed by atoms with Crippen molar-refractivity contribution in [3.63, 3.8) is 0 Å². The fraction of sp³-hybridized carbons (Fsp3) is 0.647. The second-order valence-corrected chi connectivity index (χ2v) is 6.92. The highest BCUT2D eigenvalue weighted by Crippen LogP contribution is 2.16. The van der Waals surface area contributed by atoms with Gasteiger partial charge in [0.1, 0.15) is 11.6 Å². The van der Waals surface area contributed by atoms with Crippen LogP contribution in [0.4, 0.5) is 4.79 Å². The van der Waals surface area contributed by atoms with Crippen molar-refractivity contribution in [2.45, 2.75) is 39.3 Å². The second kappa shape index (κ2) is 7.59. The summed E-state index contributed by atoms with van der Waals surface area (Å²) in [7, 11) is 0. The highest BCUT2D eigenvalue weighted by molar-refractivity contribution is 5.84. The van der Waals surface area contributed by atoms with E-state index in [2.05, 4.69) is 15.5 Å². The van der Waals surface area contributed by atoms with E-state index < -0.39 is 5.60 Å². The van der Waals surface area contributed by atoms with Gasteiger partial charge in [0.25, 0.3) is 0 Å². The molecule has 2 heterocycles. The van der Waals surface area contributed by atoms with Gasteiger partial charge >= 0.3 is 6.09 Å². The zero-order valence-electron chi connectivity index (χ0n) is 15.0. The van der Waals surface area contributed by atoms with Gasteiger partial charge < -0.3 is 25.2 Å². The fourth-order valence-corrected chi connectivity index (χ4v) is 2.59. The Morgan fingerprint density at radius 1 is 1.29 bits per heavy atom. The number of hydrogen-bond donors (Lipinski definition) is 2. The molecule has 2 amide bonds. The maximum absolute atomic E-state index is 12.1. The number of likely N-dealkylation sites (N-methyl/N-ethyl adjacent to an activating group) is 1. The number of ether oxygens (including phenoxy) is 1. The van der Waals surface area contributed by atoms with Gasteiger partial charge in [-0.1, -0.05) is 6.08 Å². The third kappa shape index (κ3) is 4.91. The van der Waals surface area contributed by atoms with E-state index in [0.29, 0.717) is 19.6 Å². The maximum atomic E-state index is 12.1. The summed E-state index contributed by atoms with van der Waals surface area (Å²) in [5, 5.41) is 5.90. The van der Waals surface area contributed by atoms with Crippen molar-refractivity contribution in [1.82, 2.24) is 20.4 Å². The Morgan fingerprint density at radius 2 is 1.96 bits per heavy atom. The summed E-state index contributed by atoms with van der Waals surface area (Å²) >= 11 is 0. The lowest BCUT2D eigenvalue weighted by Crippen LogP contribution is -2.50. The van der Waals surface area contributed by atoms with Crippen molar-refractivity contribution in [1.29, 1.82) is 0 Å². The summed E-state index contributed by atoms with van der Waals surface area (Å²) in [6.45, 7) is 10.9. The van der Waals surface area contributed by atoms with Gasteiger partial charge in [0.15, 0.2) is 0 Å². The average molecular weight is 336 g/mol. The number of amides is 2. The van der Waals surface area contributed by atoms with E-state index in [1.807, 2.05) is 46.0 Å². The maximum Gasteiger partial charge on any atom is 0.410 e. The average Bonchev–Trinajstić information content (AvgIpc) is 2.54. The summed E-state index contributed by atoms with van der Waals surface area (Å²) in [4.78, 5) is 27.8. The molecule has 0 aromatic heterocycles. The molecule has 1 unspecified atom stereocenters. The number of allylic oxidation sites excluding steroid dienone is 1. The monoisotopic (exact) mass is 336 g/mol. The van der Waals surface area contributed by atoms with Gasteiger partial charge in [0, 0.05) is 38.9 Å². The quantitative estimate of drug-likeness (QED) is 0.806. The Kier molecular flexibility index (Phi) is 5.75. The molecule has 0 aromatic carbocycles. The lowest BCUT2D eigenvalue weighted by molar-refractivity contribution is -0.121. The minimum Gasteiger partial charge on any atom is -0.444 e. The summed E-state index contributed by atoms with van der Waals surface area (Å²) in [6, 6.07) is -0.322. The number of carbonyl (C=O) groups is 2. The molecule has 1 fully saturated rings. The van der Waals surface area contributed by atoms with Gasteiger partial charge in [-0.25, -0.2) is 4.79 Å². The third-order valence-electron chi connectivity index (χ3n) is 3.80. The molecule has 0 radical (unpaired) electrons. The molecule has 0 bridgehead atoms. The van der Waals surface area contributed by atoms with Crippen molar-refractivity contribution in [2.24, 2.45) is 0 Å². The van der Waals surface area contributed by atoms with Crippen LogP contribution in [-0.4, -0.2) is 66.2 Å². The summed E-state index contributed by atoms with van der Waals surface area (Å²) in [5.74, 6) is -0.0289. The molecular formula is C17H28N4O3. The van der Waals surface area contributed by atoms with Crippen molar-refractivity contribution in [3.8, 4) is 0 Å². The van der Waals surface area contributed by atoms with Crippen LogP contribution in [0.5, 0.6) is 0 Å². The molecule has 134 valence electrons. The predicted molar refractivity (Wildman–Crippen MR) is 92.2 cm³/mol. The van der Waals surface area contributed by atoms with E-state index in [4.69, 9.17) is 4.74 Å². The smallest absolute Gasteiger partial charge is 0.410 e. The molecule has 2 aliphatic rings. The zero-order chi connectivity index (χ0) is 17.7. The van der Waals surface area contributed by atoms with Gasteiger partial charge in [-0.2, -0.15) is 0 Å². The largest absolute Gasteiger partial charge is 0.444 e. The summed E-state index contributed by atoms with van der Waals surface area (Å²) < 4.78 is 5.40. The summed E-state index contributed by atoms with van der Waals surface area (Å²) in [5.41, 5.74) is 0.556. The molecule has 0 aliphatic carbocycles. The first-order chi connectivity index (χ1) is 11.3. The zero-order valence-corrected chi connectivity index (χ0v) is 15.0. The number of rotatable bonds is 3. The van der Waals surface area contributed by atoms with E-state index in [1.165, 1.54) is 0 Å². The minimum absolute atomic E-state index is 0.0289. The molecule has 1 saturated heterocycles. The van der Waals surface area contributed by atoms with Crippen LogP contribution >= 0.6 is 0 Å². The number of nitrogens with zero attached hydrogens (tertiary/aromatic N) is 2. The van der Waals surface area contributed by atoms with E-state index >= 15 is 0 Å². The fourth-order valence-electron chi connectivity index (χ4n) is 2.59. The van der Waals surface area contributed by atoms with E-state index in [-0.39, 0.29) is 18.0 Å². The van der Waals surface area contributed by atoms with Crippen LogP contribution < -0.4 is 10.6 Å². The van der Waals surface area contributed by atoms with Crippen LogP contribution in [-0.2, 0) is 9.53 Å². The molecule has 0 aromatic rings. The van der Waals surface area contributed by atoms with Crippen molar-refractivity contribution < 1.29 is 14.3 Å². The predicted octanol–water partition coefficient (Wildman–Crippen LogP) is 1.04. The first-order valence-corrected chi connectivity index (χ1v) is 8.45. The molecule has 2 N–H and O–H groups in total. The first-order valence-electron chi connectivity index (χ1n) is 8.45. The Balaban J connectivity index is 1.82. The lowest BCUT2D eigenvalue weighted by Gasteiger charge is -2.37. The number of nitrogens with one attached hydrogen (secondary N) is 2. The SMILES string of the molecule is CCNC(=O)C1C=CC(N2CCN(C(=O)OC(C)(C)C)CC2)=CN1. The molecule has 1 atom stereocenters. The van der Waals surface area contributed by atoms with E-state index in [0.717, 1.165) is 18.8 Å². The van der Waals surface area contributed by atoms with Crippen molar-refractivity contribution in [2.75, 3.05) is 32.7 Å². The van der Waals surface area contributed by atoms with Gasteiger partial charge in [-0.3, -0.25) is 4.79 Å². The number of hydrogen-bond acceptors (Lipinski definition) is 5. The summed E-state index contributed by atoms with van der Waals surface area (Å²) in [6.07, 6.45) is 5.42.